The molecule has 0 bridgehead atoms. The second-order valence-corrected chi connectivity index (χ2v) is 8.44. The lowest BCUT2D eigenvalue weighted by molar-refractivity contribution is -1.02. The van der Waals surface area contributed by atoms with Gasteiger partial charge in [-0.1, -0.05) is 60.7 Å². The molecule has 0 saturated carbocycles. The number of hydrogen-bond acceptors (Lipinski definition) is 2. The molecule has 5 rings (SSSR count). The van der Waals surface area contributed by atoms with E-state index in [0.717, 1.165) is 24.6 Å². The minimum absolute atomic E-state index is 0.345. The van der Waals surface area contributed by atoms with Gasteiger partial charge >= 0.3 is 0 Å². The molecule has 0 aromatic heterocycles. The van der Waals surface area contributed by atoms with E-state index >= 15 is 0 Å². The highest BCUT2D eigenvalue weighted by Gasteiger charge is 2.27. The molecule has 1 fully saturated rings. The molecule has 4 heteroatoms. The minimum Gasteiger partial charge on any atom is -0.454 e. The quantitative estimate of drug-likeness (QED) is 0.655. The van der Waals surface area contributed by atoms with Crippen LogP contribution >= 0.6 is 0 Å². The highest BCUT2D eigenvalue weighted by atomic mass is 16.7. The van der Waals surface area contributed by atoms with Gasteiger partial charge in [0.05, 0.1) is 12.5 Å². The molecule has 0 spiro atoms. The lowest BCUT2D eigenvalue weighted by Gasteiger charge is -2.32. The van der Waals surface area contributed by atoms with Gasteiger partial charge in [0.15, 0.2) is 11.5 Å². The van der Waals surface area contributed by atoms with E-state index in [9.17, 15) is 0 Å². The Bertz CT molecular complexity index is 914. The van der Waals surface area contributed by atoms with Gasteiger partial charge in [-0.25, -0.2) is 0 Å². The molecule has 4 nitrogen and oxygen atoms in total. The van der Waals surface area contributed by atoms with E-state index in [4.69, 9.17) is 9.47 Å². The summed E-state index contributed by atoms with van der Waals surface area (Å²) in [6.45, 7) is 7.42. The van der Waals surface area contributed by atoms with Gasteiger partial charge in [-0.15, -0.1) is 0 Å². The van der Waals surface area contributed by atoms with Crippen molar-refractivity contribution in [3.63, 3.8) is 0 Å². The molecular weight excluding hydrogens is 372 g/mol. The molecule has 3 aromatic rings. The fourth-order valence-corrected chi connectivity index (χ4v) is 4.77. The van der Waals surface area contributed by atoms with Crippen LogP contribution in [0.3, 0.4) is 0 Å². The van der Waals surface area contributed by atoms with E-state index in [2.05, 4.69) is 72.8 Å². The topological polar surface area (TPSA) is 27.3 Å². The summed E-state index contributed by atoms with van der Waals surface area (Å²) >= 11 is 0. The van der Waals surface area contributed by atoms with Crippen LogP contribution in [0.1, 0.15) is 22.6 Å². The summed E-state index contributed by atoms with van der Waals surface area (Å²) < 4.78 is 11.0. The normalized spacial score (nSPS) is 20.4. The second kappa shape index (κ2) is 8.90. The number of nitrogens with one attached hydrogen (secondary N) is 2. The Morgan fingerprint density at radius 1 is 0.667 bits per heavy atom. The molecule has 2 aliphatic rings. The number of rotatable bonds is 6. The average Bonchev–Trinajstić information content (AvgIpc) is 3.28. The predicted octanol–water partition coefficient (Wildman–Crippen LogP) is 1.53. The van der Waals surface area contributed by atoms with Crippen LogP contribution in [0.25, 0.3) is 0 Å². The third-order valence-electron chi connectivity index (χ3n) is 6.45. The van der Waals surface area contributed by atoms with Crippen LogP contribution in [0.2, 0.25) is 0 Å². The molecule has 3 aromatic carbocycles. The summed E-state index contributed by atoms with van der Waals surface area (Å²) in [6.07, 6.45) is 0. The van der Waals surface area contributed by atoms with Crippen molar-refractivity contribution in [2.75, 3.05) is 39.5 Å². The molecule has 0 radical (unpaired) electrons. The van der Waals surface area contributed by atoms with Crippen LogP contribution in [0.5, 0.6) is 11.5 Å². The van der Waals surface area contributed by atoms with Crippen molar-refractivity contribution in [1.82, 2.24) is 0 Å². The van der Waals surface area contributed by atoms with Crippen LogP contribution in [-0.2, 0) is 6.54 Å². The van der Waals surface area contributed by atoms with Gasteiger partial charge in [-0.3, -0.25) is 0 Å². The Balaban J connectivity index is 1.21. The van der Waals surface area contributed by atoms with Crippen molar-refractivity contribution >= 4 is 0 Å². The first kappa shape index (κ1) is 19.2. The molecule has 0 amide bonds. The van der Waals surface area contributed by atoms with E-state index in [0.29, 0.717) is 12.7 Å². The predicted molar refractivity (Wildman–Crippen MR) is 117 cm³/mol. The van der Waals surface area contributed by atoms with Crippen molar-refractivity contribution in [3.05, 3.63) is 95.6 Å². The zero-order chi connectivity index (χ0) is 20.2. The summed E-state index contributed by atoms with van der Waals surface area (Å²) in [5.41, 5.74) is 4.18. The maximum Gasteiger partial charge on any atom is 0.231 e. The Hall–Kier alpha value is -2.82. The smallest absolute Gasteiger partial charge is 0.231 e. The standard InChI is InChI=1S/C26H28N2O2/c1-3-7-22(8-4-1)24(23-9-5-2-6-10-23)19-28-15-13-27(14-16-28)18-21-11-12-25-26(17-21)30-20-29-25/h1-12,17,24H,13-16,18-20H2/p+2. The first-order valence-corrected chi connectivity index (χ1v) is 11.0. The molecule has 2 heterocycles. The van der Waals surface area contributed by atoms with Crippen molar-refractivity contribution in [1.29, 1.82) is 0 Å². The molecule has 30 heavy (non-hydrogen) atoms. The van der Waals surface area contributed by atoms with Crippen LogP contribution in [0.15, 0.2) is 78.9 Å². The SMILES string of the molecule is c1ccc(C(C[NH+]2CC[NH+](Cc3ccc4c(c3)OCO4)CC2)c2ccccc2)cc1. The summed E-state index contributed by atoms with van der Waals surface area (Å²) in [6, 6.07) is 28.3. The number of fused-ring (bicyclic) bond motifs is 1. The molecule has 2 aliphatic heterocycles. The maximum absolute atomic E-state index is 5.54. The van der Waals surface area contributed by atoms with Crippen molar-refractivity contribution < 1.29 is 19.3 Å². The third-order valence-corrected chi connectivity index (χ3v) is 6.45. The Labute approximate surface area is 178 Å². The zero-order valence-corrected chi connectivity index (χ0v) is 17.3. The average molecular weight is 403 g/mol. The first-order valence-electron chi connectivity index (χ1n) is 11.0. The molecular formula is C26H30N2O2+2. The molecule has 154 valence electrons. The lowest BCUT2D eigenvalue weighted by Crippen LogP contribution is -3.27. The van der Waals surface area contributed by atoms with Gasteiger partial charge in [0.2, 0.25) is 6.79 Å². The molecule has 2 N–H and O–H groups in total. The second-order valence-electron chi connectivity index (χ2n) is 8.44. The van der Waals surface area contributed by atoms with E-state index in [1.54, 1.807) is 9.80 Å². The van der Waals surface area contributed by atoms with Crippen LogP contribution in [0.4, 0.5) is 0 Å². The molecule has 0 aliphatic carbocycles. The Morgan fingerprint density at radius 3 is 1.93 bits per heavy atom. The van der Waals surface area contributed by atoms with Gasteiger partial charge in [0.1, 0.15) is 32.7 Å². The van der Waals surface area contributed by atoms with Gasteiger partial charge in [0.25, 0.3) is 0 Å². The van der Waals surface area contributed by atoms with Crippen molar-refractivity contribution in [2.45, 2.75) is 12.5 Å². The molecule has 1 saturated heterocycles. The number of benzene rings is 3. The van der Waals surface area contributed by atoms with E-state index in [1.807, 2.05) is 6.07 Å². The lowest BCUT2D eigenvalue weighted by atomic mass is 9.90. The molecule has 0 unspecified atom stereocenters. The van der Waals surface area contributed by atoms with E-state index in [-0.39, 0.29) is 0 Å². The van der Waals surface area contributed by atoms with Gasteiger partial charge in [0, 0.05) is 5.56 Å². The Kier molecular flexibility index (Phi) is 5.69. The largest absolute Gasteiger partial charge is 0.454 e. The summed E-state index contributed by atoms with van der Waals surface area (Å²) in [5.74, 6) is 2.22. The highest BCUT2D eigenvalue weighted by Crippen LogP contribution is 2.32. The van der Waals surface area contributed by atoms with Gasteiger partial charge in [-0.05, 0) is 29.3 Å². The first-order chi connectivity index (χ1) is 14.8. The third kappa shape index (κ3) is 4.35. The monoisotopic (exact) mass is 402 g/mol. The van der Waals surface area contributed by atoms with Gasteiger partial charge in [-0.2, -0.15) is 0 Å². The Morgan fingerprint density at radius 2 is 1.27 bits per heavy atom. The minimum atomic E-state index is 0.345. The van der Waals surface area contributed by atoms with E-state index < -0.39 is 0 Å². The highest BCUT2D eigenvalue weighted by molar-refractivity contribution is 5.44. The number of hydrogen-bond donors (Lipinski definition) is 2. The zero-order valence-electron chi connectivity index (χ0n) is 17.3. The molecule has 0 atom stereocenters. The van der Waals surface area contributed by atoms with E-state index in [1.165, 1.54) is 42.9 Å². The number of piperazine rings is 1. The summed E-state index contributed by atoms with van der Waals surface area (Å²) in [7, 11) is 0. The van der Waals surface area contributed by atoms with Crippen molar-refractivity contribution in [3.8, 4) is 11.5 Å². The van der Waals surface area contributed by atoms with Gasteiger partial charge < -0.3 is 19.3 Å². The fraction of sp³-hybridized carbons (Fsp3) is 0.308. The summed E-state index contributed by atoms with van der Waals surface area (Å²) in [4.78, 5) is 3.37. The van der Waals surface area contributed by atoms with Crippen LogP contribution in [0, 0.1) is 0 Å². The summed E-state index contributed by atoms with van der Waals surface area (Å²) in [5, 5.41) is 0. The van der Waals surface area contributed by atoms with Crippen LogP contribution in [-0.4, -0.2) is 39.5 Å². The van der Waals surface area contributed by atoms with Crippen LogP contribution < -0.4 is 19.3 Å². The number of ether oxygens (including phenoxy) is 2. The van der Waals surface area contributed by atoms with Crippen molar-refractivity contribution in [2.24, 2.45) is 0 Å². The maximum atomic E-state index is 5.54. The number of quaternary nitrogens is 2. The fourth-order valence-electron chi connectivity index (χ4n) is 4.77.